The number of nitrogens with zero attached hydrogens (tertiary/aromatic N) is 2. The SMILES string of the molecule is Cc1ccc(NC(=O)c2csc(NC(=O)Cc3ccccc3)n2)nc1. The number of aromatic nitrogens is 2. The van der Waals surface area contributed by atoms with Crippen molar-refractivity contribution in [1.29, 1.82) is 0 Å². The Balaban J connectivity index is 1.59. The zero-order chi connectivity index (χ0) is 17.6. The fourth-order valence-corrected chi connectivity index (χ4v) is 2.81. The summed E-state index contributed by atoms with van der Waals surface area (Å²) in [6.45, 7) is 1.92. The van der Waals surface area contributed by atoms with Crippen molar-refractivity contribution in [1.82, 2.24) is 9.97 Å². The molecule has 0 saturated heterocycles. The summed E-state index contributed by atoms with van der Waals surface area (Å²) in [5.41, 5.74) is 2.16. The molecule has 6 nitrogen and oxygen atoms in total. The molecule has 1 aromatic carbocycles. The van der Waals surface area contributed by atoms with Gasteiger partial charge in [-0.2, -0.15) is 0 Å². The third-order valence-corrected chi connectivity index (χ3v) is 4.10. The summed E-state index contributed by atoms with van der Waals surface area (Å²) in [5.74, 6) is -0.0814. The number of hydrogen-bond acceptors (Lipinski definition) is 5. The number of amides is 2. The lowest BCUT2D eigenvalue weighted by molar-refractivity contribution is -0.115. The standard InChI is InChI=1S/C18H16N4O2S/c1-12-7-8-15(19-10-12)21-17(24)14-11-25-18(20-14)22-16(23)9-13-5-3-2-4-6-13/h2-8,10-11H,9H2,1H3,(H,19,21,24)(H,20,22,23). The molecule has 0 spiro atoms. The van der Waals surface area contributed by atoms with Crippen molar-refractivity contribution in [3.05, 3.63) is 70.9 Å². The highest BCUT2D eigenvalue weighted by Gasteiger charge is 2.13. The largest absolute Gasteiger partial charge is 0.305 e. The summed E-state index contributed by atoms with van der Waals surface area (Å²) in [4.78, 5) is 32.5. The monoisotopic (exact) mass is 352 g/mol. The van der Waals surface area contributed by atoms with Crippen LogP contribution in [0.3, 0.4) is 0 Å². The highest BCUT2D eigenvalue weighted by atomic mass is 32.1. The van der Waals surface area contributed by atoms with E-state index in [1.807, 2.05) is 43.3 Å². The van der Waals surface area contributed by atoms with Crippen molar-refractivity contribution >= 4 is 34.1 Å². The van der Waals surface area contributed by atoms with E-state index in [0.717, 1.165) is 11.1 Å². The van der Waals surface area contributed by atoms with Crippen molar-refractivity contribution in [2.24, 2.45) is 0 Å². The maximum atomic E-state index is 12.2. The number of pyridine rings is 1. The number of aryl methyl sites for hydroxylation is 1. The molecule has 0 unspecified atom stereocenters. The van der Waals surface area contributed by atoms with E-state index in [1.165, 1.54) is 11.3 Å². The van der Waals surface area contributed by atoms with Gasteiger partial charge in [-0.05, 0) is 24.1 Å². The van der Waals surface area contributed by atoms with Crippen LogP contribution in [0.5, 0.6) is 0 Å². The van der Waals surface area contributed by atoms with Gasteiger partial charge in [-0.15, -0.1) is 11.3 Å². The minimum absolute atomic E-state index is 0.173. The molecule has 3 rings (SSSR count). The van der Waals surface area contributed by atoms with Crippen molar-refractivity contribution in [3.63, 3.8) is 0 Å². The number of nitrogens with one attached hydrogen (secondary N) is 2. The highest BCUT2D eigenvalue weighted by Crippen LogP contribution is 2.17. The number of anilines is 2. The lowest BCUT2D eigenvalue weighted by Gasteiger charge is -2.03. The molecule has 3 aromatic rings. The topological polar surface area (TPSA) is 84.0 Å². The first-order chi connectivity index (χ1) is 12.1. The molecular weight excluding hydrogens is 336 g/mol. The van der Waals surface area contributed by atoms with E-state index >= 15 is 0 Å². The third-order valence-electron chi connectivity index (χ3n) is 3.34. The van der Waals surface area contributed by atoms with Crippen LogP contribution in [0.1, 0.15) is 21.6 Å². The predicted octanol–water partition coefficient (Wildman–Crippen LogP) is 3.28. The average molecular weight is 352 g/mol. The van der Waals surface area contributed by atoms with Gasteiger partial charge in [-0.25, -0.2) is 9.97 Å². The second kappa shape index (κ2) is 7.67. The van der Waals surface area contributed by atoms with Gasteiger partial charge in [0.2, 0.25) is 5.91 Å². The van der Waals surface area contributed by atoms with Gasteiger partial charge in [0.1, 0.15) is 11.5 Å². The summed E-state index contributed by atoms with van der Waals surface area (Å²) in [5, 5.41) is 7.37. The van der Waals surface area contributed by atoms with E-state index in [1.54, 1.807) is 17.6 Å². The van der Waals surface area contributed by atoms with Gasteiger partial charge in [0.05, 0.1) is 6.42 Å². The number of carbonyl (C=O) groups is 2. The second-order valence-electron chi connectivity index (χ2n) is 5.42. The summed E-state index contributed by atoms with van der Waals surface area (Å²) in [6.07, 6.45) is 1.93. The summed E-state index contributed by atoms with van der Waals surface area (Å²) in [6, 6.07) is 13.0. The van der Waals surface area contributed by atoms with Crippen LogP contribution in [0, 0.1) is 6.92 Å². The van der Waals surface area contributed by atoms with Crippen LogP contribution in [0.15, 0.2) is 54.0 Å². The Kier molecular flexibility index (Phi) is 5.15. The summed E-state index contributed by atoms with van der Waals surface area (Å²) in [7, 11) is 0. The van der Waals surface area contributed by atoms with Crippen molar-refractivity contribution < 1.29 is 9.59 Å². The molecule has 0 fully saturated rings. The van der Waals surface area contributed by atoms with E-state index < -0.39 is 0 Å². The number of hydrogen-bond donors (Lipinski definition) is 2. The van der Waals surface area contributed by atoms with Gasteiger partial charge in [-0.1, -0.05) is 36.4 Å². The molecule has 0 aliphatic carbocycles. The van der Waals surface area contributed by atoms with Crippen molar-refractivity contribution in [3.8, 4) is 0 Å². The van der Waals surface area contributed by atoms with E-state index in [2.05, 4.69) is 20.6 Å². The molecule has 2 N–H and O–H groups in total. The van der Waals surface area contributed by atoms with Gasteiger partial charge in [0, 0.05) is 11.6 Å². The molecule has 0 saturated carbocycles. The van der Waals surface area contributed by atoms with Crippen LogP contribution in [0.25, 0.3) is 0 Å². The van der Waals surface area contributed by atoms with E-state index in [4.69, 9.17) is 0 Å². The fraction of sp³-hybridized carbons (Fsp3) is 0.111. The first-order valence-electron chi connectivity index (χ1n) is 7.63. The smallest absolute Gasteiger partial charge is 0.276 e. The normalized spacial score (nSPS) is 10.3. The molecule has 0 atom stereocenters. The Morgan fingerprint density at radius 3 is 2.60 bits per heavy atom. The van der Waals surface area contributed by atoms with Gasteiger partial charge >= 0.3 is 0 Å². The van der Waals surface area contributed by atoms with E-state index in [0.29, 0.717) is 10.9 Å². The molecule has 0 aliphatic rings. The average Bonchev–Trinajstić information content (AvgIpc) is 3.06. The first kappa shape index (κ1) is 16.8. The van der Waals surface area contributed by atoms with Gasteiger partial charge in [0.25, 0.3) is 5.91 Å². The molecule has 2 heterocycles. The highest BCUT2D eigenvalue weighted by molar-refractivity contribution is 7.14. The zero-order valence-corrected chi connectivity index (χ0v) is 14.3. The van der Waals surface area contributed by atoms with Gasteiger partial charge in [0.15, 0.2) is 5.13 Å². The molecule has 126 valence electrons. The third kappa shape index (κ3) is 4.71. The molecular formula is C18H16N4O2S. The maximum absolute atomic E-state index is 12.2. The molecule has 0 aliphatic heterocycles. The molecule has 0 bridgehead atoms. The number of rotatable bonds is 5. The molecule has 2 amide bonds. The quantitative estimate of drug-likeness (QED) is 0.738. The zero-order valence-electron chi connectivity index (χ0n) is 13.5. The van der Waals surface area contributed by atoms with Gasteiger partial charge in [-0.3, -0.25) is 9.59 Å². The van der Waals surface area contributed by atoms with Crippen LogP contribution < -0.4 is 10.6 Å². The van der Waals surface area contributed by atoms with Crippen molar-refractivity contribution in [2.45, 2.75) is 13.3 Å². The van der Waals surface area contributed by atoms with Gasteiger partial charge < -0.3 is 10.6 Å². The Bertz CT molecular complexity index is 876. The van der Waals surface area contributed by atoms with Crippen molar-refractivity contribution in [2.75, 3.05) is 10.6 Å². The van der Waals surface area contributed by atoms with E-state index in [-0.39, 0.29) is 23.9 Å². The Morgan fingerprint density at radius 2 is 1.88 bits per heavy atom. The van der Waals surface area contributed by atoms with E-state index in [9.17, 15) is 9.59 Å². The Morgan fingerprint density at radius 1 is 1.08 bits per heavy atom. The van der Waals surface area contributed by atoms with Crippen LogP contribution >= 0.6 is 11.3 Å². The fourth-order valence-electron chi connectivity index (χ4n) is 2.10. The Hall–Kier alpha value is -3.06. The van der Waals surface area contributed by atoms with Crippen LogP contribution in [-0.2, 0) is 11.2 Å². The summed E-state index contributed by atoms with van der Waals surface area (Å²) < 4.78 is 0. The second-order valence-corrected chi connectivity index (χ2v) is 6.28. The molecule has 2 aromatic heterocycles. The minimum atomic E-state index is -0.365. The Labute approximate surface area is 149 Å². The predicted molar refractivity (Wildman–Crippen MR) is 97.8 cm³/mol. The molecule has 0 radical (unpaired) electrons. The first-order valence-corrected chi connectivity index (χ1v) is 8.51. The maximum Gasteiger partial charge on any atom is 0.276 e. The number of thiazole rings is 1. The number of benzene rings is 1. The molecule has 25 heavy (non-hydrogen) atoms. The minimum Gasteiger partial charge on any atom is -0.305 e. The number of carbonyl (C=O) groups excluding carboxylic acids is 2. The summed E-state index contributed by atoms with van der Waals surface area (Å²) >= 11 is 1.21. The van der Waals surface area contributed by atoms with Crippen LogP contribution in [-0.4, -0.2) is 21.8 Å². The van der Waals surface area contributed by atoms with Crippen LogP contribution in [0.4, 0.5) is 10.9 Å². The lowest BCUT2D eigenvalue weighted by Crippen LogP contribution is -2.16. The van der Waals surface area contributed by atoms with Crippen LogP contribution in [0.2, 0.25) is 0 Å². The lowest BCUT2D eigenvalue weighted by atomic mass is 10.1. The molecule has 7 heteroatoms.